The molecular weight excluding hydrogens is 308 g/mol. The van der Waals surface area contributed by atoms with Crippen LogP contribution in [-0.2, 0) is 4.74 Å². The number of likely N-dealkylation sites (tertiary alicyclic amines) is 1. The van der Waals surface area contributed by atoms with Gasteiger partial charge in [0, 0.05) is 37.5 Å². The summed E-state index contributed by atoms with van der Waals surface area (Å²) in [5.41, 5.74) is 0.0553. The molecule has 0 radical (unpaired) electrons. The Hall–Kier alpha value is -2.54. The Kier molecular flexibility index (Phi) is 3.86. The van der Waals surface area contributed by atoms with Gasteiger partial charge in [-0.3, -0.25) is 9.78 Å². The van der Waals surface area contributed by atoms with Crippen molar-refractivity contribution in [3.8, 4) is 5.88 Å². The monoisotopic (exact) mass is 326 g/mol. The molecule has 2 saturated heterocycles. The molecule has 2 aromatic rings. The van der Waals surface area contributed by atoms with E-state index < -0.39 is 0 Å². The lowest BCUT2D eigenvalue weighted by atomic mass is 9.84. The molecule has 1 unspecified atom stereocenters. The molecule has 2 aliphatic heterocycles. The normalized spacial score (nSPS) is 22.0. The van der Waals surface area contributed by atoms with E-state index in [0.717, 1.165) is 12.8 Å². The molecule has 0 N–H and O–H groups in total. The van der Waals surface area contributed by atoms with Crippen LogP contribution in [0.15, 0.2) is 43.0 Å². The number of aromatic nitrogens is 3. The maximum atomic E-state index is 12.4. The Morgan fingerprint density at radius 1 is 1.25 bits per heavy atom. The molecule has 2 aliphatic rings. The van der Waals surface area contributed by atoms with Gasteiger partial charge in [-0.25, -0.2) is 9.97 Å². The number of pyridine rings is 1. The molecule has 0 aromatic carbocycles. The van der Waals surface area contributed by atoms with Crippen molar-refractivity contribution >= 4 is 5.91 Å². The molecular formula is C17H18N4O3. The molecule has 1 amide bonds. The van der Waals surface area contributed by atoms with Crippen molar-refractivity contribution in [2.75, 3.05) is 19.7 Å². The molecule has 0 aliphatic carbocycles. The van der Waals surface area contributed by atoms with Crippen LogP contribution in [0.4, 0.5) is 0 Å². The highest BCUT2D eigenvalue weighted by Crippen LogP contribution is 2.36. The third-order valence-corrected chi connectivity index (χ3v) is 4.40. The van der Waals surface area contributed by atoms with E-state index in [1.807, 2.05) is 18.2 Å². The number of carbonyl (C=O) groups excluding carboxylic acids is 1. The molecule has 4 heterocycles. The Bertz CT molecular complexity index is 704. The summed E-state index contributed by atoms with van der Waals surface area (Å²) >= 11 is 0. The summed E-state index contributed by atoms with van der Waals surface area (Å²) in [7, 11) is 0. The van der Waals surface area contributed by atoms with Gasteiger partial charge in [0.2, 0.25) is 5.88 Å². The number of nitrogens with zero attached hydrogens (tertiary/aromatic N) is 4. The lowest BCUT2D eigenvalue weighted by Crippen LogP contribution is -2.67. The van der Waals surface area contributed by atoms with E-state index in [2.05, 4.69) is 15.0 Å². The number of hydrogen-bond acceptors (Lipinski definition) is 6. The first-order valence-electron chi connectivity index (χ1n) is 8.01. The van der Waals surface area contributed by atoms with Crippen LogP contribution < -0.4 is 4.74 Å². The number of rotatable bonds is 3. The van der Waals surface area contributed by atoms with Gasteiger partial charge in [-0.2, -0.15) is 0 Å². The molecule has 7 nitrogen and oxygen atoms in total. The third kappa shape index (κ3) is 2.94. The summed E-state index contributed by atoms with van der Waals surface area (Å²) in [6.07, 6.45) is 7.93. The standard InChI is InChI=1S/C17H18N4O3/c22-16(14-10-18-6-7-19-14)21-11-17(12-21)9-13(4-8-23-17)24-15-3-1-2-5-20-15/h1-3,5-7,10,13H,4,8-9,11-12H2. The van der Waals surface area contributed by atoms with Crippen molar-refractivity contribution in [3.05, 3.63) is 48.7 Å². The Balaban J connectivity index is 1.36. The lowest BCUT2D eigenvalue weighted by molar-refractivity contribution is -0.174. The molecule has 2 aromatic heterocycles. The van der Waals surface area contributed by atoms with Crippen molar-refractivity contribution in [1.82, 2.24) is 19.9 Å². The third-order valence-electron chi connectivity index (χ3n) is 4.40. The van der Waals surface area contributed by atoms with Crippen molar-refractivity contribution < 1.29 is 14.3 Å². The Morgan fingerprint density at radius 3 is 2.92 bits per heavy atom. The molecule has 124 valence electrons. The summed E-state index contributed by atoms with van der Waals surface area (Å²) in [6.45, 7) is 1.75. The Labute approximate surface area is 139 Å². The summed E-state index contributed by atoms with van der Waals surface area (Å²) in [5.74, 6) is 0.524. The quantitative estimate of drug-likeness (QED) is 0.847. The maximum absolute atomic E-state index is 12.4. The first kappa shape index (κ1) is 15.0. The van der Waals surface area contributed by atoms with Crippen LogP contribution in [0.5, 0.6) is 5.88 Å². The highest BCUT2D eigenvalue weighted by molar-refractivity contribution is 5.92. The fraction of sp³-hybridized carbons (Fsp3) is 0.412. The van der Waals surface area contributed by atoms with Crippen LogP contribution in [0.3, 0.4) is 0 Å². The van der Waals surface area contributed by atoms with Crippen LogP contribution in [0, 0.1) is 0 Å². The van der Waals surface area contributed by atoms with E-state index in [0.29, 0.717) is 31.3 Å². The SMILES string of the molecule is O=C(c1cnccn1)N1CC2(CC(Oc3ccccn3)CCO2)C1. The van der Waals surface area contributed by atoms with Crippen LogP contribution in [0.1, 0.15) is 23.3 Å². The smallest absolute Gasteiger partial charge is 0.274 e. The van der Waals surface area contributed by atoms with Crippen LogP contribution in [-0.4, -0.2) is 57.2 Å². The molecule has 2 fully saturated rings. The zero-order chi connectivity index (χ0) is 16.4. The van der Waals surface area contributed by atoms with Crippen LogP contribution in [0.2, 0.25) is 0 Å². The number of carbonyl (C=O) groups is 1. The predicted molar refractivity (Wildman–Crippen MR) is 84.5 cm³/mol. The predicted octanol–water partition coefficient (Wildman–Crippen LogP) is 1.32. The fourth-order valence-electron chi connectivity index (χ4n) is 3.26. The van der Waals surface area contributed by atoms with E-state index in [4.69, 9.17) is 9.47 Å². The van der Waals surface area contributed by atoms with Gasteiger partial charge in [-0.05, 0) is 6.07 Å². The average molecular weight is 326 g/mol. The molecule has 0 saturated carbocycles. The largest absolute Gasteiger partial charge is 0.474 e. The second-order valence-corrected chi connectivity index (χ2v) is 6.18. The molecule has 1 spiro atoms. The lowest BCUT2D eigenvalue weighted by Gasteiger charge is -2.52. The zero-order valence-corrected chi connectivity index (χ0v) is 13.2. The van der Waals surface area contributed by atoms with Crippen molar-refractivity contribution in [2.24, 2.45) is 0 Å². The highest BCUT2D eigenvalue weighted by Gasteiger charge is 2.50. The van der Waals surface area contributed by atoms with Gasteiger partial charge in [-0.15, -0.1) is 0 Å². The summed E-state index contributed by atoms with van der Waals surface area (Å²) in [5, 5.41) is 0. The van der Waals surface area contributed by atoms with Gasteiger partial charge in [0.25, 0.3) is 5.91 Å². The highest BCUT2D eigenvalue weighted by atomic mass is 16.5. The Morgan fingerprint density at radius 2 is 2.17 bits per heavy atom. The summed E-state index contributed by atoms with van der Waals surface area (Å²) < 4.78 is 11.9. The van der Waals surface area contributed by atoms with Crippen molar-refractivity contribution in [3.63, 3.8) is 0 Å². The van der Waals surface area contributed by atoms with Crippen molar-refractivity contribution in [2.45, 2.75) is 24.5 Å². The summed E-state index contributed by atoms with van der Waals surface area (Å²) in [4.78, 5) is 26.3. The summed E-state index contributed by atoms with van der Waals surface area (Å²) in [6, 6.07) is 5.62. The topological polar surface area (TPSA) is 77.4 Å². The van der Waals surface area contributed by atoms with E-state index in [1.54, 1.807) is 17.3 Å². The second-order valence-electron chi connectivity index (χ2n) is 6.18. The minimum Gasteiger partial charge on any atom is -0.474 e. The van der Waals surface area contributed by atoms with Gasteiger partial charge < -0.3 is 14.4 Å². The molecule has 7 heteroatoms. The average Bonchev–Trinajstić information content (AvgIpc) is 2.61. The number of hydrogen-bond donors (Lipinski definition) is 0. The first-order chi connectivity index (χ1) is 11.7. The van der Waals surface area contributed by atoms with E-state index >= 15 is 0 Å². The van der Waals surface area contributed by atoms with Gasteiger partial charge in [0.15, 0.2) is 0 Å². The van der Waals surface area contributed by atoms with Crippen LogP contribution in [0.25, 0.3) is 0 Å². The van der Waals surface area contributed by atoms with Gasteiger partial charge in [0.05, 0.1) is 25.9 Å². The molecule has 1 atom stereocenters. The van der Waals surface area contributed by atoms with E-state index in [9.17, 15) is 4.79 Å². The molecule has 4 rings (SSSR count). The number of ether oxygens (including phenoxy) is 2. The first-order valence-corrected chi connectivity index (χ1v) is 8.01. The van der Waals surface area contributed by atoms with E-state index in [1.165, 1.54) is 12.4 Å². The van der Waals surface area contributed by atoms with Crippen LogP contribution >= 0.6 is 0 Å². The zero-order valence-electron chi connectivity index (χ0n) is 13.2. The number of amides is 1. The molecule has 24 heavy (non-hydrogen) atoms. The second kappa shape index (κ2) is 6.16. The van der Waals surface area contributed by atoms with E-state index in [-0.39, 0.29) is 17.6 Å². The minimum atomic E-state index is -0.310. The fourth-order valence-corrected chi connectivity index (χ4v) is 3.26. The van der Waals surface area contributed by atoms with Gasteiger partial charge in [-0.1, -0.05) is 6.07 Å². The maximum Gasteiger partial charge on any atom is 0.274 e. The van der Waals surface area contributed by atoms with Crippen molar-refractivity contribution in [1.29, 1.82) is 0 Å². The van der Waals surface area contributed by atoms with Gasteiger partial charge in [0.1, 0.15) is 17.4 Å². The molecule has 0 bridgehead atoms. The van der Waals surface area contributed by atoms with Gasteiger partial charge >= 0.3 is 0 Å². The minimum absolute atomic E-state index is 0.0578.